The number of nitrogens with zero attached hydrogens (tertiary/aromatic N) is 5. The van der Waals surface area contributed by atoms with Crippen LogP contribution in [0.3, 0.4) is 0 Å². The van der Waals surface area contributed by atoms with Crippen molar-refractivity contribution in [3.8, 4) is 0 Å². The third kappa shape index (κ3) is 6.06. The second kappa shape index (κ2) is 11.3. The second-order valence-corrected chi connectivity index (χ2v) is 8.03. The lowest BCUT2D eigenvalue weighted by Crippen LogP contribution is -2.48. The number of ether oxygens (including phenoxy) is 1. The molecule has 0 bridgehead atoms. The van der Waals surface area contributed by atoms with Gasteiger partial charge < -0.3 is 15.0 Å². The van der Waals surface area contributed by atoms with E-state index in [1.165, 1.54) is 5.56 Å². The molecule has 0 spiro atoms. The van der Waals surface area contributed by atoms with Crippen LogP contribution >= 0.6 is 24.0 Å². The van der Waals surface area contributed by atoms with Gasteiger partial charge in [-0.3, -0.25) is 14.6 Å². The lowest BCUT2D eigenvalue weighted by molar-refractivity contribution is 0.00863. The maximum Gasteiger partial charge on any atom is 0.193 e. The fourth-order valence-electron chi connectivity index (χ4n) is 4.14. The molecule has 3 rings (SSSR count). The van der Waals surface area contributed by atoms with E-state index in [1.807, 2.05) is 17.9 Å². The average molecular weight is 504 g/mol. The lowest BCUT2D eigenvalue weighted by atomic mass is 10.0. The minimum Gasteiger partial charge on any atom is -0.379 e. The molecule has 0 aliphatic carbocycles. The van der Waals surface area contributed by atoms with Crippen molar-refractivity contribution in [2.45, 2.75) is 39.2 Å². The largest absolute Gasteiger partial charge is 0.379 e. The summed E-state index contributed by atoms with van der Waals surface area (Å²) in [6, 6.07) is 0.472. The summed E-state index contributed by atoms with van der Waals surface area (Å²) in [5, 5.41) is 7.85. The summed E-state index contributed by atoms with van der Waals surface area (Å²) < 4.78 is 7.42. The van der Waals surface area contributed by atoms with E-state index >= 15 is 0 Å². The Kier molecular flexibility index (Phi) is 9.49. The number of halogens is 1. The quantitative estimate of drug-likeness (QED) is 0.366. The minimum atomic E-state index is 0. The van der Waals surface area contributed by atoms with Crippen molar-refractivity contribution in [2.75, 3.05) is 52.5 Å². The summed E-state index contributed by atoms with van der Waals surface area (Å²) in [6.45, 7) is 14.3. The van der Waals surface area contributed by atoms with Crippen LogP contribution in [-0.4, -0.2) is 84.1 Å². The van der Waals surface area contributed by atoms with Gasteiger partial charge in [0.1, 0.15) is 0 Å². The van der Waals surface area contributed by atoms with Crippen LogP contribution in [0.1, 0.15) is 38.7 Å². The summed E-state index contributed by atoms with van der Waals surface area (Å²) in [5.74, 6) is 2.18. The fraction of sp³-hybridized carbons (Fsp3) is 0.800. The average Bonchev–Trinajstić information content (AvgIpc) is 3.30. The third-order valence-corrected chi connectivity index (χ3v) is 5.73. The van der Waals surface area contributed by atoms with Crippen molar-refractivity contribution in [2.24, 2.45) is 18.0 Å². The molecule has 2 unspecified atom stereocenters. The Morgan fingerprint density at radius 1 is 1.32 bits per heavy atom. The topological polar surface area (TPSA) is 57.9 Å². The molecule has 8 heteroatoms. The first kappa shape index (κ1) is 23.4. The Morgan fingerprint density at radius 2 is 2.07 bits per heavy atom. The zero-order chi connectivity index (χ0) is 19.2. The number of morpholine rings is 1. The highest BCUT2D eigenvalue weighted by Gasteiger charge is 2.28. The van der Waals surface area contributed by atoms with Gasteiger partial charge in [0.15, 0.2) is 5.96 Å². The van der Waals surface area contributed by atoms with Gasteiger partial charge in [0.05, 0.1) is 26.0 Å². The van der Waals surface area contributed by atoms with E-state index in [0.29, 0.717) is 17.9 Å². The first-order chi connectivity index (χ1) is 13.1. The van der Waals surface area contributed by atoms with Crippen molar-refractivity contribution >= 4 is 29.9 Å². The minimum absolute atomic E-state index is 0. The second-order valence-electron chi connectivity index (χ2n) is 8.03. The molecular weight excluding hydrogens is 467 g/mol. The Labute approximate surface area is 186 Å². The van der Waals surface area contributed by atoms with Gasteiger partial charge in [-0.2, -0.15) is 5.10 Å². The lowest BCUT2D eigenvalue weighted by Gasteiger charge is -2.36. The smallest absolute Gasteiger partial charge is 0.193 e. The van der Waals surface area contributed by atoms with E-state index in [4.69, 9.17) is 9.73 Å². The van der Waals surface area contributed by atoms with Gasteiger partial charge in [0, 0.05) is 57.9 Å². The van der Waals surface area contributed by atoms with Crippen LogP contribution in [-0.2, 0) is 11.8 Å². The molecule has 0 saturated carbocycles. The van der Waals surface area contributed by atoms with Gasteiger partial charge in [0.2, 0.25) is 0 Å². The molecule has 2 atom stereocenters. The van der Waals surface area contributed by atoms with Crippen molar-refractivity contribution < 1.29 is 4.74 Å². The summed E-state index contributed by atoms with van der Waals surface area (Å²) in [5.41, 5.74) is 1.34. The number of nitrogens with one attached hydrogen (secondary N) is 1. The number of aromatic nitrogens is 2. The molecule has 1 N–H and O–H groups in total. The van der Waals surface area contributed by atoms with Crippen LogP contribution in [0.15, 0.2) is 17.4 Å². The normalized spacial score (nSPS) is 22.4. The maximum atomic E-state index is 5.53. The van der Waals surface area contributed by atoms with Crippen molar-refractivity contribution in [3.05, 3.63) is 18.0 Å². The van der Waals surface area contributed by atoms with Gasteiger partial charge in [-0.15, -0.1) is 24.0 Å². The highest BCUT2D eigenvalue weighted by molar-refractivity contribution is 14.0. The van der Waals surface area contributed by atoms with Crippen LogP contribution in [0, 0.1) is 5.92 Å². The Morgan fingerprint density at radius 3 is 2.68 bits per heavy atom. The van der Waals surface area contributed by atoms with Crippen molar-refractivity contribution in [3.63, 3.8) is 0 Å². The molecule has 1 aromatic heterocycles. The predicted molar refractivity (Wildman–Crippen MR) is 125 cm³/mol. The molecule has 0 radical (unpaired) electrons. The number of likely N-dealkylation sites (tertiary alicyclic amines) is 1. The number of hydrogen-bond acceptors (Lipinski definition) is 4. The zero-order valence-electron chi connectivity index (χ0n) is 17.8. The molecule has 3 heterocycles. The SMILES string of the molecule is CCNC(=NCC(C(C)C)N1CCOCC1)N1CCC(c2cnn(C)c2)C1.I. The van der Waals surface area contributed by atoms with Gasteiger partial charge >= 0.3 is 0 Å². The molecule has 7 nitrogen and oxygen atoms in total. The first-order valence-corrected chi connectivity index (χ1v) is 10.4. The van der Waals surface area contributed by atoms with Crippen molar-refractivity contribution in [1.29, 1.82) is 0 Å². The first-order valence-electron chi connectivity index (χ1n) is 10.4. The third-order valence-electron chi connectivity index (χ3n) is 5.73. The number of hydrogen-bond donors (Lipinski definition) is 1. The monoisotopic (exact) mass is 504 g/mol. The highest BCUT2D eigenvalue weighted by atomic mass is 127. The molecule has 1 aromatic rings. The highest BCUT2D eigenvalue weighted by Crippen LogP contribution is 2.26. The number of aryl methyl sites for hydroxylation is 1. The van der Waals surface area contributed by atoms with Crippen LogP contribution in [0.4, 0.5) is 0 Å². The van der Waals surface area contributed by atoms with E-state index in [-0.39, 0.29) is 24.0 Å². The maximum absolute atomic E-state index is 5.53. The van der Waals surface area contributed by atoms with E-state index in [0.717, 1.165) is 64.9 Å². The number of aliphatic imine (C=N–C) groups is 1. The molecule has 2 fully saturated rings. The van der Waals surface area contributed by atoms with Crippen LogP contribution in [0.2, 0.25) is 0 Å². The Balaban J connectivity index is 0.00000280. The van der Waals surface area contributed by atoms with E-state index < -0.39 is 0 Å². The summed E-state index contributed by atoms with van der Waals surface area (Å²) in [6.07, 6.45) is 5.31. The molecule has 2 saturated heterocycles. The van der Waals surface area contributed by atoms with Gasteiger partial charge in [-0.05, 0) is 24.8 Å². The van der Waals surface area contributed by atoms with Crippen LogP contribution in [0.25, 0.3) is 0 Å². The molecular formula is C20H37IN6O. The van der Waals surface area contributed by atoms with Gasteiger partial charge in [0.25, 0.3) is 0 Å². The van der Waals surface area contributed by atoms with E-state index in [2.05, 4.69) is 47.2 Å². The Bertz CT molecular complexity index is 614. The zero-order valence-corrected chi connectivity index (χ0v) is 20.1. The number of guanidine groups is 1. The van der Waals surface area contributed by atoms with Crippen molar-refractivity contribution in [1.82, 2.24) is 24.9 Å². The summed E-state index contributed by atoms with van der Waals surface area (Å²) in [4.78, 5) is 10.0. The molecule has 2 aliphatic heterocycles. The number of rotatable bonds is 6. The predicted octanol–water partition coefficient (Wildman–Crippen LogP) is 2.15. The molecule has 28 heavy (non-hydrogen) atoms. The Hall–Kier alpha value is -0.870. The molecule has 0 amide bonds. The summed E-state index contributed by atoms with van der Waals surface area (Å²) >= 11 is 0. The fourth-order valence-corrected chi connectivity index (χ4v) is 4.14. The van der Waals surface area contributed by atoms with Gasteiger partial charge in [-0.25, -0.2) is 0 Å². The molecule has 160 valence electrons. The van der Waals surface area contributed by atoms with Crippen LogP contribution in [0.5, 0.6) is 0 Å². The van der Waals surface area contributed by atoms with Gasteiger partial charge in [-0.1, -0.05) is 13.8 Å². The van der Waals surface area contributed by atoms with E-state index in [1.54, 1.807) is 0 Å². The van der Waals surface area contributed by atoms with E-state index in [9.17, 15) is 0 Å². The molecule has 0 aromatic carbocycles. The molecule has 2 aliphatic rings. The van der Waals surface area contributed by atoms with Crippen LogP contribution < -0.4 is 5.32 Å². The summed E-state index contributed by atoms with van der Waals surface area (Å²) in [7, 11) is 1.99. The standard InChI is InChI=1S/C20H36N6O.HI/c1-5-21-20(22-13-19(16(2)3)25-8-10-27-11-9-25)26-7-6-17(15-26)18-12-23-24(4)14-18;/h12,14,16-17,19H,5-11,13,15H2,1-4H3,(H,21,22);1H.